The average Bonchev–Trinajstić information content (AvgIpc) is 3.44. The van der Waals surface area contributed by atoms with Crippen LogP contribution in [0.5, 0.6) is 23.0 Å². The molecule has 0 spiro atoms. The number of rotatable bonds is 14. The highest BCUT2D eigenvalue weighted by Gasteiger charge is 2.18. The molecule has 0 saturated heterocycles. The van der Waals surface area contributed by atoms with Crippen LogP contribution in [0.1, 0.15) is 47.7 Å². The maximum absolute atomic E-state index is 13.1. The van der Waals surface area contributed by atoms with Crippen molar-refractivity contribution in [2.75, 3.05) is 27.0 Å². The normalized spacial score (nSPS) is 11.7. The van der Waals surface area contributed by atoms with Crippen LogP contribution in [0.3, 0.4) is 0 Å². The third kappa shape index (κ3) is 7.69. The molecule has 0 unspecified atom stereocenters. The van der Waals surface area contributed by atoms with E-state index < -0.39 is 11.9 Å². The van der Waals surface area contributed by atoms with Gasteiger partial charge in [-0.1, -0.05) is 18.2 Å². The first-order chi connectivity index (χ1) is 19.7. The molecule has 41 heavy (non-hydrogen) atoms. The van der Waals surface area contributed by atoms with Gasteiger partial charge in [-0.15, -0.1) is 0 Å². The molecule has 1 aliphatic rings. The Bertz CT molecular complexity index is 1420. The molecule has 2 N–H and O–H groups in total. The van der Waals surface area contributed by atoms with Crippen molar-refractivity contribution in [2.24, 2.45) is 0 Å². The maximum atomic E-state index is 13.1. The lowest BCUT2D eigenvalue weighted by Crippen LogP contribution is -2.26. The molecule has 1 aliphatic heterocycles. The van der Waals surface area contributed by atoms with Crippen LogP contribution in [0, 0.1) is 0 Å². The first kappa shape index (κ1) is 29.3. The minimum atomic E-state index is -0.947. The minimum Gasteiger partial charge on any atom is -0.493 e. The summed E-state index contributed by atoms with van der Waals surface area (Å²) >= 11 is 0. The molecule has 10 nitrogen and oxygen atoms in total. The third-order valence-electron chi connectivity index (χ3n) is 6.69. The highest BCUT2D eigenvalue weighted by molar-refractivity contribution is 5.96. The lowest BCUT2D eigenvalue weighted by Gasteiger charge is -2.18. The number of aliphatic carboxylic acids is 2. The van der Waals surface area contributed by atoms with Crippen LogP contribution in [0.4, 0.5) is 0 Å². The number of hydrogen-bond acceptors (Lipinski definition) is 7. The summed E-state index contributed by atoms with van der Waals surface area (Å²) in [6, 6.07) is 16.2. The number of carboxylic acid groups (broad SMARTS) is 2. The van der Waals surface area contributed by atoms with E-state index in [9.17, 15) is 19.5 Å². The van der Waals surface area contributed by atoms with E-state index in [4.69, 9.17) is 24.1 Å². The van der Waals surface area contributed by atoms with Crippen molar-refractivity contribution in [3.63, 3.8) is 0 Å². The summed E-state index contributed by atoms with van der Waals surface area (Å²) in [5.41, 5.74) is 3.45. The molecule has 0 fully saturated rings. The second-order valence-corrected chi connectivity index (χ2v) is 9.56. The van der Waals surface area contributed by atoms with Crippen molar-refractivity contribution in [2.45, 2.75) is 39.2 Å². The molecular formula is C31H33NO9. The van der Waals surface area contributed by atoms with Gasteiger partial charge in [0.2, 0.25) is 6.79 Å². The molecule has 1 heterocycles. The molecule has 10 heteroatoms. The largest absolute Gasteiger partial charge is 0.493 e. The minimum absolute atomic E-state index is 0.0265. The molecule has 3 aromatic rings. The van der Waals surface area contributed by atoms with Gasteiger partial charge in [0.25, 0.3) is 5.91 Å². The standard InChI is InChI=1S/C31H33NO9/c1-3-32(2)31(37)23-14-22(20-9-11-27-28(17-20)41-19-40-27)15-24(16-23)39-18-21-6-4-7-26(25(21)10-12-30(35)36)38-13-5-8-29(33)34/h4,6-7,9,11,14-17H,3,5,8,10,12-13,18-19H2,1-2H3,(H,33,34)(H,35,36). The Hall–Kier alpha value is -4.73. The Morgan fingerprint density at radius 3 is 2.44 bits per heavy atom. The van der Waals surface area contributed by atoms with Gasteiger partial charge in [0.05, 0.1) is 6.61 Å². The van der Waals surface area contributed by atoms with Crippen LogP contribution in [-0.2, 0) is 22.6 Å². The number of nitrogens with zero attached hydrogens (tertiary/aromatic N) is 1. The fraction of sp³-hybridized carbons (Fsp3) is 0.323. The lowest BCUT2D eigenvalue weighted by atomic mass is 10.0. The molecule has 0 aromatic heterocycles. The number of benzene rings is 3. The van der Waals surface area contributed by atoms with Gasteiger partial charge in [0, 0.05) is 37.6 Å². The average molecular weight is 564 g/mol. The van der Waals surface area contributed by atoms with E-state index in [0.717, 1.165) is 16.7 Å². The molecule has 3 aromatic carbocycles. The van der Waals surface area contributed by atoms with Crippen molar-refractivity contribution >= 4 is 17.8 Å². The molecule has 0 bridgehead atoms. The molecule has 1 amide bonds. The number of ether oxygens (including phenoxy) is 4. The van der Waals surface area contributed by atoms with Crippen LogP contribution in [0.25, 0.3) is 11.1 Å². The van der Waals surface area contributed by atoms with E-state index in [1.54, 1.807) is 30.1 Å². The Kier molecular flexibility index (Phi) is 9.68. The number of carbonyl (C=O) groups is 3. The topological polar surface area (TPSA) is 132 Å². The Morgan fingerprint density at radius 2 is 1.68 bits per heavy atom. The summed E-state index contributed by atoms with van der Waals surface area (Å²) < 4.78 is 23.0. The maximum Gasteiger partial charge on any atom is 0.303 e. The summed E-state index contributed by atoms with van der Waals surface area (Å²) in [4.78, 5) is 36.9. The quantitative estimate of drug-likeness (QED) is 0.260. The fourth-order valence-electron chi connectivity index (χ4n) is 4.38. The highest BCUT2D eigenvalue weighted by Crippen LogP contribution is 2.37. The van der Waals surface area contributed by atoms with Crippen LogP contribution < -0.4 is 18.9 Å². The Morgan fingerprint density at radius 1 is 0.902 bits per heavy atom. The zero-order valence-electron chi connectivity index (χ0n) is 23.1. The van der Waals surface area contributed by atoms with Gasteiger partial charge < -0.3 is 34.1 Å². The van der Waals surface area contributed by atoms with Gasteiger partial charge in [0.1, 0.15) is 18.1 Å². The first-order valence-electron chi connectivity index (χ1n) is 13.4. The van der Waals surface area contributed by atoms with Gasteiger partial charge in [-0.2, -0.15) is 0 Å². The van der Waals surface area contributed by atoms with Crippen LogP contribution in [-0.4, -0.2) is 60.0 Å². The monoisotopic (exact) mass is 563 g/mol. The molecule has 0 atom stereocenters. The number of hydrogen-bond donors (Lipinski definition) is 2. The predicted molar refractivity (Wildman–Crippen MR) is 150 cm³/mol. The van der Waals surface area contributed by atoms with Gasteiger partial charge in [-0.25, -0.2) is 0 Å². The lowest BCUT2D eigenvalue weighted by molar-refractivity contribution is -0.138. The SMILES string of the molecule is CCN(C)C(=O)c1cc(OCc2cccc(OCCCC(=O)O)c2CCC(=O)O)cc(-c2ccc3c(c2)OCO3)c1. The second-order valence-electron chi connectivity index (χ2n) is 9.56. The van der Waals surface area contributed by atoms with Crippen molar-refractivity contribution in [1.82, 2.24) is 4.90 Å². The Labute approximate surface area is 238 Å². The van der Waals surface area contributed by atoms with Gasteiger partial charge >= 0.3 is 11.9 Å². The summed E-state index contributed by atoms with van der Waals surface area (Å²) in [5.74, 6) is 0.221. The summed E-state index contributed by atoms with van der Waals surface area (Å²) in [6.45, 7) is 2.87. The molecule has 4 rings (SSSR count). The third-order valence-corrected chi connectivity index (χ3v) is 6.69. The van der Waals surface area contributed by atoms with Crippen molar-refractivity contribution in [1.29, 1.82) is 0 Å². The van der Waals surface area contributed by atoms with E-state index in [1.807, 2.05) is 43.3 Å². The highest BCUT2D eigenvalue weighted by atomic mass is 16.7. The van der Waals surface area contributed by atoms with Gasteiger partial charge in [-0.05, 0) is 72.9 Å². The van der Waals surface area contributed by atoms with E-state index in [2.05, 4.69) is 0 Å². The first-order valence-corrected chi connectivity index (χ1v) is 13.4. The zero-order chi connectivity index (χ0) is 29.4. The molecule has 0 saturated carbocycles. The van der Waals surface area contributed by atoms with Crippen LogP contribution in [0.15, 0.2) is 54.6 Å². The fourth-order valence-corrected chi connectivity index (χ4v) is 4.38. The second kappa shape index (κ2) is 13.6. The number of carbonyl (C=O) groups excluding carboxylic acids is 1. The van der Waals surface area contributed by atoms with Gasteiger partial charge in [0.15, 0.2) is 11.5 Å². The summed E-state index contributed by atoms with van der Waals surface area (Å²) in [5, 5.41) is 18.2. The number of carboxylic acids is 2. The predicted octanol–water partition coefficient (Wildman–Crippen LogP) is 5.01. The Balaban J connectivity index is 1.62. The smallest absolute Gasteiger partial charge is 0.303 e. The summed E-state index contributed by atoms with van der Waals surface area (Å²) in [7, 11) is 1.73. The van der Waals surface area contributed by atoms with Gasteiger partial charge in [-0.3, -0.25) is 14.4 Å². The van der Waals surface area contributed by atoms with E-state index in [1.165, 1.54) is 0 Å². The molecule has 216 valence electrons. The number of fused-ring (bicyclic) bond motifs is 1. The van der Waals surface area contributed by atoms with Crippen molar-refractivity contribution < 1.29 is 43.5 Å². The zero-order valence-corrected chi connectivity index (χ0v) is 23.1. The van der Waals surface area contributed by atoms with E-state index >= 15 is 0 Å². The molecule has 0 radical (unpaired) electrons. The van der Waals surface area contributed by atoms with E-state index in [-0.39, 0.29) is 45.2 Å². The van der Waals surface area contributed by atoms with E-state index in [0.29, 0.717) is 47.1 Å². The van der Waals surface area contributed by atoms with Crippen molar-refractivity contribution in [3.8, 4) is 34.1 Å². The molecular weight excluding hydrogens is 530 g/mol. The number of amides is 1. The van der Waals surface area contributed by atoms with Crippen LogP contribution >= 0.6 is 0 Å². The van der Waals surface area contributed by atoms with Crippen LogP contribution in [0.2, 0.25) is 0 Å². The molecule has 0 aliphatic carbocycles. The van der Waals surface area contributed by atoms with Crippen molar-refractivity contribution in [3.05, 3.63) is 71.3 Å². The summed E-state index contributed by atoms with van der Waals surface area (Å²) in [6.07, 6.45) is 0.404.